The molecule has 1 N–H and O–H groups in total. The fourth-order valence-corrected chi connectivity index (χ4v) is 5.21. The predicted octanol–water partition coefficient (Wildman–Crippen LogP) is 3.00. The van der Waals surface area contributed by atoms with Gasteiger partial charge in [0.15, 0.2) is 0 Å². The average Bonchev–Trinajstić information content (AvgIpc) is 3.17. The molecule has 3 fully saturated rings. The van der Waals surface area contributed by atoms with Gasteiger partial charge in [0.2, 0.25) is 5.88 Å². The van der Waals surface area contributed by atoms with Crippen LogP contribution in [-0.2, 0) is 6.54 Å². The number of ether oxygens (including phenoxy) is 1. The van der Waals surface area contributed by atoms with Gasteiger partial charge >= 0.3 is 0 Å². The van der Waals surface area contributed by atoms with Gasteiger partial charge in [0.1, 0.15) is 0 Å². The zero-order valence-electron chi connectivity index (χ0n) is 12.2. The number of nitrogens with zero attached hydrogens (tertiary/aromatic N) is 1. The van der Waals surface area contributed by atoms with Crippen molar-refractivity contribution in [2.75, 3.05) is 7.11 Å². The van der Waals surface area contributed by atoms with Crippen molar-refractivity contribution in [1.29, 1.82) is 0 Å². The normalized spacial score (nSPS) is 38.1. The number of hydrogen-bond donors (Lipinski definition) is 1. The molecule has 3 heteroatoms. The topological polar surface area (TPSA) is 34.1 Å². The molecule has 3 nitrogen and oxygen atoms in total. The third-order valence-corrected chi connectivity index (χ3v) is 5.96. The molecule has 2 bridgehead atoms. The number of pyridine rings is 1. The number of nitrogens with one attached hydrogen (secondary N) is 1. The molecule has 0 spiro atoms. The van der Waals surface area contributed by atoms with E-state index in [2.05, 4.69) is 16.4 Å². The molecule has 108 valence electrons. The Bertz CT molecular complexity index is 490. The van der Waals surface area contributed by atoms with Crippen molar-refractivity contribution in [3.8, 4) is 5.88 Å². The Balaban J connectivity index is 1.38. The van der Waals surface area contributed by atoms with Gasteiger partial charge in [-0.1, -0.05) is 12.5 Å². The minimum atomic E-state index is 0.716. The van der Waals surface area contributed by atoms with Crippen LogP contribution in [0, 0.1) is 23.7 Å². The highest BCUT2D eigenvalue weighted by molar-refractivity contribution is 5.16. The maximum atomic E-state index is 5.19. The molecular formula is C17H24N2O. The van der Waals surface area contributed by atoms with Crippen molar-refractivity contribution in [2.45, 2.75) is 44.7 Å². The molecule has 0 amide bonds. The Morgan fingerprint density at radius 2 is 2.10 bits per heavy atom. The zero-order chi connectivity index (χ0) is 13.5. The van der Waals surface area contributed by atoms with E-state index in [1.807, 2.05) is 12.1 Å². The van der Waals surface area contributed by atoms with E-state index in [-0.39, 0.29) is 0 Å². The van der Waals surface area contributed by atoms with Gasteiger partial charge in [-0.2, -0.15) is 0 Å². The van der Waals surface area contributed by atoms with Crippen molar-refractivity contribution in [3.63, 3.8) is 0 Å². The van der Waals surface area contributed by atoms with Crippen LogP contribution >= 0.6 is 0 Å². The van der Waals surface area contributed by atoms with Crippen LogP contribution in [0.1, 0.15) is 37.8 Å². The summed E-state index contributed by atoms with van der Waals surface area (Å²) < 4.78 is 5.19. The summed E-state index contributed by atoms with van der Waals surface area (Å²) in [7, 11) is 1.68. The molecule has 0 radical (unpaired) electrons. The molecule has 0 saturated heterocycles. The van der Waals surface area contributed by atoms with Crippen LogP contribution in [0.25, 0.3) is 0 Å². The number of aromatic nitrogens is 1. The van der Waals surface area contributed by atoms with Crippen LogP contribution < -0.4 is 10.1 Å². The molecule has 3 aliphatic rings. The van der Waals surface area contributed by atoms with Crippen LogP contribution in [0.4, 0.5) is 0 Å². The maximum absolute atomic E-state index is 5.19. The summed E-state index contributed by atoms with van der Waals surface area (Å²) in [5, 5.41) is 3.78. The summed E-state index contributed by atoms with van der Waals surface area (Å²) in [6.07, 6.45) is 7.36. The molecule has 4 rings (SSSR count). The molecule has 1 aromatic heterocycles. The Hall–Kier alpha value is -1.09. The van der Waals surface area contributed by atoms with E-state index in [1.165, 1.54) is 32.1 Å². The van der Waals surface area contributed by atoms with Gasteiger partial charge in [0, 0.05) is 18.7 Å². The first-order valence-electron chi connectivity index (χ1n) is 8.08. The molecular weight excluding hydrogens is 248 g/mol. The molecule has 3 saturated carbocycles. The maximum Gasteiger partial charge on any atom is 0.213 e. The Kier molecular flexibility index (Phi) is 3.18. The van der Waals surface area contributed by atoms with Gasteiger partial charge in [-0.15, -0.1) is 0 Å². The Labute approximate surface area is 121 Å². The van der Waals surface area contributed by atoms with Gasteiger partial charge < -0.3 is 10.1 Å². The monoisotopic (exact) mass is 272 g/mol. The van der Waals surface area contributed by atoms with E-state index in [0.29, 0.717) is 5.88 Å². The first-order chi connectivity index (χ1) is 9.85. The minimum Gasteiger partial charge on any atom is -0.481 e. The summed E-state index contributed by atoms with van der Waals surface area (Å²) in [5.74, 6) is 4.78. The predicted molar refractivity (Wildman–Crippen MR) is 78.5 cm³/mol. The molecule has 20 heavy (non-hydrogen) atoms. The number of fused-ring (bicyclic) bond motifs is 5. The third kappa shape index (κ3) is 2.03. The molecule has 3 aliphatic carbocycles. The quantitative estimate of drug-likeness (QED) is 0.915. The third-order valence-electron chi connectivity index (χ3n) is 5.96. The summed E-state index contributed by atoms with van der Waals surface area (Å²) in [6.45, 7) is 0.877. The van der Waals surface area contributed by atoms with Crippen molar-refractivity contribution in [2.24, 2.45) is 23.7 Å². The lowest BCUT2D eigenvalue weighted by atomic mass is 9.79. The van der Waals surface area contributed by atoms with E-state index in [9.17, 15) is 0 Å². The molecule has 1 heterocycles. The second kappa shape index (κ2) is 5.03. The van der Waals surface area contributed by atoms with Crippen molar-refractivity contribution in [3.05, 3.63) is 23.9 Å². The van der Waals surface area contributed by atoms with Gasteiger partial charge in [0.25, 0.3) is 0 Å². The zero-order valence-corrected chi connectivity index (χ0v) is 12.2. The lowest BCUT2D eigenvalue weighted by Crippen LogP contribution is -2.39. The largest absolute Gasteiger partial charge is 0.481 e. The highest BCUT2D eigenvalue weighted by atomic mass is 16.5. The first kappa shape index (κ1) is 12.6. The standard InChI is InChI=1S/C17H24N2O/c1-20-17-7-2-4-12(19-17)10-18-16-9-11-8-15(16)14-6-3-5-13(11)14/h2,4,7,11,13-16,18H,3,5-6,8-10H2,1H3. The number of hydrogen-bond acceptors (Lipinski definition) is 3. The van der Waals surface area contributed by atoms with E-state index in [1.54, 1.807) is 7.11 Å². The van der Waals surface area contributed by atoms with Gasteiger partial charge in [-0.3, -0.25) is 0 Å². The van der Waals surface area contributed by atoms with E-state index < -0.39 is 0 Å². The smallest absolute Gasteiger partial charge is 0.213 e. The fourth-order valence-electron chi connectivity index (χ4n) is 5.21. The lowest BCUT2D eigenvalue weighted by Gasteiger charge is -2.32. The summed E-state index contributed by atoms with van der Waals surface area (Å²) in [5.41, 5.74) is 1.09. The summed E-state index contributed by atoms with van der Waals surface area (Å²) in [6, 6.07) is 6.74. The van der Waals surface area contributed by atoms with Crippen LogP contribution in [0.5, 0.6) is 5.88 Å². The fraction of sp³-hybridized carbons (Fsp3) is 0.706. The van der Waals surface area contributed by atoms with Crippen LogP contribution in [0.15, 0.2) is 18.2 Å². The van der Waals surface area contributed by atoms with Crippen molar-refractivity contribution >= 4 is 0 Å². The van der Waals surface area contributed by atoms with Crippen LogP contribution in [0.3, 0.4) is 0 Å². The molecule has 1 aromatic rings. The van der Waals surface area contributed by atoms with Gasteiger partial charge in [0.05, 0.1) is 12.8 Å². The average molecular weight is 272 g/mol. The highest BCUT2D eigenvalue weighted by Gasteiger charge is 2.53. The van der Waals surface area contributed by atoms with E-state index in [4.69, 9.17) is 4.74 Å². The van der Waals surface area contributed by atoms with Crippen LogP contribution in [0.2, 0.25) is 0 Å². The van der Waals surface area contributed by atoms with Crippen molar-refractivity contribution in [1.82, 2.24) is 10.3 Å². The molecule has 5 unspecified atom stereocenters. The molecule has 5 atom stereocenters. The number of methoxy groups -OCH3 is 1. The van der Waals surface area contributed by atoms with Crippen LogP contribution in [-0.4, -0.2) is 18.1 Å². The minimum absolute atomic E-state index is 0.716. The highest BCUT2D eigenvalue weighted by Crippen LogP contribution is 2.58. The Morgan fingerprint density at radius 1 is 1.20 bits per heavy atom. The first-order valence-corrected chi connectivity index (χ1v) is 8.08. The second-order valence-corrected chi connectivity index (χ2v) is 6.81. The van der Waals surface area contributed by atoms with E-state index >= 15 is 0 Å². The van der Waals surface area contributed by atoms with Crippen molar-refractivity contribution < 1.29 is 4.74 Å². The summed E-state index contributed by atoms with van der Waals surface area (Å²) in [4.78, 5) is 4.50. The second-order valence-electron chi connectivity index (χ2n) is 6.81. The molecule has 0 aliphatic heterocycles. The number of rotatable bonds is 4. The SMILES string of the molecule is COc1cccc(CNC2CC3CC2C2CCCC32)n1. The van der Waals surface area contributed by atoms with E-state index in [0.717, 1.165) is 42.0 Å². The lowest BCUT2D eigenvalue weighted by molar-refractivity contribution is 0.207. The van der Waals surface area contributed by atoms with Gasteiger partial charge in [-0.25, -0.2) is 4.98 Å². The molecule has 0 aromatic carbocycles. The van der Waals surface area contributed by atoms with Gasteiger partial charge in [-0.05, 0) is 55.4 Å². The summed E-state index contributed by atoms with van der Waals surface area (Å²) >= 11 is 0. The Morgan fingerprint density at radius 3 is 3.00 bits per heavy atom.